The molecule has 0 bridgehead atoms. The molecule has 148 valence electrons. The number of rotatable bonds is 2. The standard InChI is InChI=1S/C20H23ClN4O3/c1-20(2,3)17-10-14(22-23-17)18(26)24-8-4-5-13(11-24)25-15-9-12(21)6-7-16(15)28-19(25)27/h6-7,9-10,13H,4-5,8,11H2,1-3H3,(H,22,23)/t13-/m1/s1. The molecule has 7 nitrogen and oxygen atoms in total. The van der Waals surface area contributed by atoms with E-state index in [0.717, 1.165) is 18.5 Å². The van der Waals surface area contributed by atoms with E-state index in [0.29, 0.717) is 34.9 Å². The minimum atomic E-state index is -0.425. The highest BCUT2D eigenvalue weighted by Crippen LogP contribution is 2.28. The van der Waals surface area contributed by atoms with Gasteiger partial charge in [-0.15, -0.1) is 0 Å². The van der Waals surface area contributed by atoms with Crippen LogP contribution in [-0.2, 0) is 5.41 Å². The SMILES string of the molecule is CC(C)(C)c1cc(C(=O)N2CCC[C@@H](n3c(=O)oc4ccc(Cl)cc43)C2)n[nH]1. The van der Waals surface area contributed by atoms with E-state index in [2.05, 4.69) is 31.0 Å². The van der Waals surface area contributed by atoms with Gasteiger partial charge in [0.25, 0.3) is 5.91 Å². The van der Waals surface area contributed by atoms with E-state index in [9.17, 15) is 9.59 Å². The summed E-state index contributed by atoms with van der Waals surface area (Å²) in [6.07, 6.45) is 1.59. The molecule has 1 aliphatic rings. The first-order valence-electron chi connectivity index (χ1n) is 9.40. The Bertz CT molecular complexity index is 1090. The molecule has 0 spiro atoms. The number of hydrogen-bond acceptors (Lipinski definition) is 4. The van der Waals surface area contributed by atoms with Crippen molar-refractivity contribution in [2.75, 3.05) is 13.1 Å². The predicted octanol–water partition coefficient (Wildman–Crippen LogP) is 3.75. The van der Waals surface area contributed by atoms with Crippen molar-refractivity contribution in [3.05, 3.63) is 51.2 Å². The number of carbonyl (C=O) groups is 1. The average molecular weight is 403 g/mol. The fourth-order valence-electron chi connectivity index (χ4n) is 3.68. The zero-order valence-electron chi connectivity index (χ0n) is 16.2. The lowest BCUT2D eigenvalue weighted by atomic mass is 9.92. The van der Waals surface area contributed by atoms with Crippen LogP contribution in [0, 0.1) is 0 Å². The molecular weight excluding hydrogens is 380 g/mol. The van der Waals surface area contributed by atoms with E-state index in [1.54, 1.807) is 27.7 Å². The van der Waals surface area contributed by atoms with E-state index in [1.165, 1.54) is 0 Å². The van der Waals surface area contributed by atoms with Gasteiger partial charge in [-0.2, -0.15) is 5.10 Å². The number of halogens is 1. The van der Waals surface area contributed by atoms with Crippen molar-refractivity contribution in [3.8, 4) is 0 Å². The number of nitrogens with zero attached hydrogens (tertiary/aromatic N) is 3. The maximum atomic E-state index is 13.0. The molecular formula is C20H23ClN4O3. The van der Waals surface area contributed by atoms with Gasteiger partial charge in [0.2, 0.25) is 0 Å². The van der Waals surface area contributed by atoms with Gasteiger partial charge in [0.1, 0.15) is 5.69 Å². The van der Waals surface area contributed by atoms with Crippen LogP contribution >= 0.6 is 11.6 Å². The molecule has 1 fully saturated rings. The number of piperidine rings is 1. The highest BCUT2D eigenvalue weighted by molar-refractivity contribution is 6.31. The van der Waals surface area contributed by atoms with Gasteiger partial charge in [-0.05, 0) is 37.1 Å². The van der Waals surface area contributed by atoms with Crippen LogP contribution in [0.15, 0.2) is 33.5 Å². The lowest BCUT2D eigenvalue weighted by Gasteiger charge is -2.32. The number of nitrogens with one attached hydrogen (secondary N) is 1. The van der Waals surface area contributed by atoms with Gasteiger partial charge in [-0.1, -0.05) is 32.4 Å². The molecule has 0 unspecified atom stereocenters. The molecule has 1 saturated heterocycles. The Morgan fingerprint density at radius 3 is 2.82 bits per heavy atom. The number of oxazole rings is 1. The summed E-state index contributed by atoms with van der Waals surface area (Å²) < 4.78 is 6.97. The Balaban J connectivity index is 1.61. The van der Waals surface area contributed by atoms with Gasteiger partial charge in [-0.3, -0.25) is 14.5 Å². The molecule has 0 radical (unpaired) electrons. The van der Waals surface area contributed by atoms with Crippen molar-refractivity contribution in [1.82, 2.24) is 19.7 Å². The largest absolute Gasteiger partial charge is 0.420 e. The summed E-state index contributed by atoms with van der Waals surface area (Å²) in [6, 6.07) is 6.76. The molecule has 1 aromatic carbocycles. The summed E-state index contributed by atoms with van der Waals surface area (Å²) in [7, 11) is 0. The molecule has 28 heavy (non-hydrogen) atoms. The summed E-state index contributed by atoms with van der Waals surface area (Å²) in [4.78, 5) is 27.2. The number of aromatic nitrogens is 3. The smallest absolute Gasteiger partial charge is 0.408 e. The number of carbonyl (C=O) groups excluding carboxylic acids is 1. The van der Waals surface area contributed by atoms with Gasteiger partial charge in [0.15, 0.2) is 5.58 Å². The number of amides is 1. The van der Waals surface area contributed by atoms with Crippen molar-refractivity contribution in [1.29, 1.82) is 0 Å². The van der Waals surface area contributed by atoms with Crippen LogP contribution in [0.25, 0.3) is 11.1 Å². The van der Waals surface area contributed by atoms with Crippen LogP contribution < -0.4 is 5.76 Å². The molecule has 3 aromatic rings. The maximum absolute atomic E-state index is 13.0. The first-order valence-corrected chi connectivity index (χ1v) is 9.77. The Labute approximate surface area is 167 Å². The monoisotopic (exact) mass is 402 g/mol. The first-order chi connectivity index (χ1) is 13.2. The van der Waals surface area contributed by atoms with E-state index < -0.39 is 5.76 Å². The van der Waals surface area contributed by atoms with Crippen LogP contribution in [0.1, 0.15) is 55.8 Å². The third-order valence-corrected chi connectivity index (χ3v) is 5.46. The van der Waals surface area contributed by atoms with Crippen molar-refractivity contribution < 1.29 is 9.21 Å². The number of H-pyrrole nitrogens is 1. The highest BCUT2D eigenvalue weighted by atomic mass is 35.5. The van der Waals surface area contributed by atoms with Crippen LogP contribution in [0.4, 0.5) is 0 Å². The zero-order chi connectivity index (χ0) is 20.1. The van der Waals surface area contributed by atoms with Crippen molar-refractivity contribution in [3.63, 3.8) is 0 Å². The number of hydrogen-bond donors (Lipinski definition) is 1. The molecule has 0 saturated carbocycles. The lowest BCUT2D eigenvalue weighted by molar-refractivity contribution is 0.0671. The topological polar surface area (TPSA) is 84.1 Å². The zero-order valence-corrected chi connectivity index (χ0v) is 16.9. The fraction of sp³-hybridized carbons (Fsp3) is 0.450. The quantitative estimate of drug-likeness (QED) is 0.707. The second-order valence-corrected chi connectivity index (χ2v) is 8.75. The molecule has 1 atom stereocenters. The van der Waals surface area contributed by atoms with Gasteiger partial charge < -0.3 is 9.32 Å². The second kappa shape index (κ2) is 6.81. The van der Waals surface area contributed by atoms with Gasteiger partial charge >= 0.3 is 5.76 Å². The van der Waals surface area contributed by atoms with Crippen LogP contribution in [0.5, 0.6) is 0 Å². The van der Waals surface area contributed by atoms with Crippen molar-refractivity contribution in [2.45, 2.75) is 45.1 Å². The Kier molecular flexibility index (Phi) is 4.57. The third kappa shape index (κ3) is 3.35. The fourth-order valence-corrected chi connectivity index (χ4v) is 3.85. The van der Waals surface area contributed by atoms with Crippen molar-refractivity contribution >= 4 is 28.6 Å². The minimum absolute atomic E-state index is 0.113. The number of aromatic amines is 1. The van der Waals surface area contributed by atoms with Gasteiger partial charge in [-0.25, -0.2) is 4.79 Å². The molecule has 2 aromatic heterocycles. The van der Waals surface area contributed by atoms with E-state index in [-0.39, 0.29) is 17.4 Å². The molecule has 0 aliphatic carbocycles. The summed E-state index contributed by atoms with van der Waals surface area (Å²) >= 11 is 6.10. The third-order valence-electron chi connectivity index (χ3n) is 5.23. The number of benzene rings is 1. The molecule has 8 heteroatoms. The normalized spacial score (nSPS) is 18.0. The minimum Gasteiger partial charge on any atom is -0.408 e. The summed E-state index contributed by atoms with van der Waals surface area (Å²) in [5.74, 6) is -0.554. The Morgan fingerprint density at radius 2 is 2.11 bits per heavy atom. The van der Waals surface area contributed by atoms with Crippen LogP contribution in [-0.4, -0.2) is 38.7 Å². The number of fused-ring (bicyclic) bond motifs is 1. The van der Waals surface area contributed by atoms with E-state index in [4.69, 9.17) is 16.0 Å². The Morgan fingerprint density at radius 1 is 1.32 bits per heavy atom. The molecule has 4 rings (SSSR count). The maximum Gasteiger partial charge on any atom is 0.420 e. The van der Waals surface area contributed by atoms with Crippen LogP contribution in [0.3, 0.4) is 0 Å². The first kappa shape index (κ1) is 18.8. The van der Waals surface area contributed by atoms with E-state index >= 15 is 0 Å². The van der Waals surface area contributed by atoms with Gasteiger partial charge in [0, 0.05) is 29.2 Å². The summed E-state index contributed by atoms with van der Waals surface area (Å²) in [5.41, 5.74) is 2.36. The van der Waals surface area contributed by atoms with Crippen molar-refractivity contribution in [2.24, 2.45) is 0 Å². The number of likely N-dealkylation sites (tertiary alicyclic amines) is 1. The van der Waals surface area contributed by atoms with Gasteiger partial charge in [0.05, 0.1) is 11.6 Å². The summed E-state index contributed by atoms with van der Waals surface area (Å²) in [5, 5.41) is 7.70. The lowest BCUT2D eigenvalue weighted by Crippen LogP contribution is -2.42. The molecule has 1 N–H and O–H groups in total. The molecule has 1 amide bonds. The second-order valence-electron chi connectivity index (χ2n) is 8.31. The molecule has 1 aliphatic heterocycles. The molecule has 3 heterocycles. The van der Waals surface area contributed by atoms with Crippen LogP contribution in [0.2, 0.25) is 5.02 Å². The Hall–Kier alpha value is -2.54. The predicted molar refractivity (Wildman–Crippen MR) is 107 cm³/mol. The highest BCUT2D eigenvalue weighted by Gasteiger charge is 2.30. The summed E-state index contributed by atoms with van der Waals surface area (Å²) in [6.45, 7) is 7.25. The van der Waals surface area contributed by atoms with E-state index in [1.807, 2.05) is 6.07 Å². The average Bonchev–Trinajstić information content (AvgIpc) is 3.25.